The van der Waals surface area contributed by atoms with E-state index in [-0.39, 0.29) is 37.3 Å². The number of nitrogens with zero attached hydrogens (tertiary/aromatic N) is 1. The maximum absolute atomic E-state index is 14.6. The molecule has 6 amide bonds. The molecule has 0 aromatic heterocycles. The van der Waals surface area contributed by atoms with E-state index in [1.165, 1.54) is 17.0 Å². The molecule has 308 valence electrons. The number of nitrogens with two attached hydrogens (primary N) is 1. The van der Waals surface area contributed by atoms with Gasteiger partial charge in [-0.05, 0) is 69.2 Å². The predicted octanol–water partition coefficient (Wildman–Crippen LogP) is 1.70. The topological polar surface area (TPSA) is 243 Å². The van der Waals surface area contributed by atoms with Gasteiger partial charge in [0.2, 0.25) is 29.4 Å². The third kappa shape index (κ3) is 12.7. The fourth-order valence-electron chi connectivity index (χ4n) is 7.33. The van der Waals surface area contributed by atoms with Crippen LogP contribution in [0, 0.1) is 5.92 Å². The van der Waals surface area contributed by atoms with E-state index in [4.69, 9.17) is 10.5 Å². The van der Waals surface area contributed by atoms with Crippen LogP contribution in [0.5, 0.6) is 0 Å². The largest absolute Gasteiger partial charge is 0.481 e. The van der Waals surface area contributed by atoms with Crippen molar-refractivity contribution in [2.45, 2.75) is 115 Å². The molecule has 1 saturated carbocycles. The normalized spacial score (nSPS) is 18.7. The van der Waals surface area contributed by atoms with E-state index in [9.17, 15) is 43.5 Å². The first-order valence-corrected chi connectivity index (χ1v) is 19.3. The number of carbonyl (C=O) groups excluding carboxylic acids is 7. The van der Waals surface area contributed by atoms with E-state index in [0.29, 0.717) is 24.0 Å². The standard InChI is InChI=1S/C41H54N6O10/c1-5-29(35(51)39(55)43-22-31(48)45-33(36(42)52)25-14-8-6-9-15-25)44-38(54)30-21-28(57-41(2,3)4)23-47(30)40(56)34(26-16-10-7-11-17-26)46-37(53)27-18-12-13-24(19-27)20-32(49)50/h6,8-9,12-15,18-19,26,28-30,33-34H,5,7,10-11,16-17,20-23H2,1-4H3,(H2,42,52)(H,43,55)(H,44,54)(H,45,48)(H,46,53)(H,49,50)/t28-,29?,30+,33+,34+/m1/s1. The van der Waals surface area contributed by atoms with Crippen LogP contribution in [-0.4, -0.2) is 100 Å². The van der Waals surface area contributed by atoms with Crippen molar-refractivity contribution < 1.29 is 48.2 Å². The van der Waals surface area contributed by atoms with Crippen molar-refractivity contribution in [3.8, 4) is 0 Å². The third-order valence-corrected chi connectivity index (χ3v) is 9.98. The summed E-state index contributed by atoms with van der Waals surface area (Å²) in [7, 11) is 0. The lowest BCUT2D eigenvalue weighted by Crippen LogP contribution is -2.58. The molecule has 57 heavy (non-hydrogen) atoms. The van der Waals surface area contributed by atoms with Crippen LogP contribution in [0.1, 0.15) is 100 Å². The lowest BCUT2D eigenvalue weighted by Gasteiger charge is -2.35. The second-order valence-corrected chi connectivity index (χ2v) is 15.5. The second kappa shape index (κ2) is 20.0. The Labute approximate surface area is 332 Å². The first-order chi connectivity index (χ1) is 27.0. The number of carboxylic acid groups (broad SMARTS) is 1. The Morgan fingerprint density at radius 3 is 2.21 bits per heavy atom. The van der Waals surface area contributed by atoms with Gasteiger partial charge in [-0.2, -0.15) is 0 Å². The van der Waals surface area contributed by atoms with Crippen molar-refractivity contribution >= 4 is 47.2 Å². The molecule has 1 aliphatic heterocycles. The molecular formula is C41H54N6O10. The number of carbonyl (C=O) groups is 8. The van der Waals surface area contributed by atoms with Gasteiger partial charge >= 0.3 is 5.97 Å². The first kappa shape index (κ1) is 44.1. The van der Waals surface area contributed by atoms with Crippen LogP contribution < -0.4 is 27.0 Å². The number of ether oxygens (including phenoxy) is 1. The van der Waals surface area contributed by atoms with Gasteiger partial charge in [0.1, 0.15) is 18.1 Å². The minimum atomic E-state index is -1.31. The first-order valence-electron chi connectivity index (χ1n) is 19.3. The van der Waals surface area contributed by atoms with Crippen LogP contribution in [0.2, 0.25) is 0 Å². The maximum Gasteiger partial charge on any atom is 0.307 e. The number of primary amides is 1. The van der Waals surface area contributed by atoms with Crippen molar-refractivity contribution in [1.29, 1.82) is 0 Å². The Bertz CT molecular complexity index is 1810. The third-order valence-electron chi connectivity index (χ3n) is 9.98. The molecule has 1 unspecified atom stereocenters. The van der Waals surface area contributed by atoms with Gasteiger partial charge in [-0.15, -0.1) is 0 Å². The molecule has 0 spiro atoms. The Balaban J connectivity index is 1.49. The number of carboxylic acids is 1. The zero-order valence-electron chi connectivity index (χ0n) is 32.9. The van der Waals surface area contributed by atoms with Crippen molar-refractivity contribution in [1.82, 2.24) is 26.2 Å². The molecule has 2 fully saturated rings. The van der Waals surface area contributed by atoms with Crippen LogP contribution in [-0.2, 0) is 44.7 Å². The van der Waals surface area contributed by atoms with Crippen molar-refractivity contribution in [3.05, 3.63) is 71.3 Å². The summed E-state index contributed by atoms with van der Waals surface area (Å²) >= 11 is 0. The highest BCUT2D eigenvalue weighted by molar-refractivity contribution is 6.38. The average molecular weight is 791 g/mol. The fourth-order valence-corrected chi connectivity index (χ4v) is 7.33. The Hall–Kier alpha value is -5.64. The number of nitrogens with one attached hydrogen (secondary N) is 4. The highest BCUT2D eigenvalue weighted by Crippen LogP contribution is 2.31. The number of rotatable bonds is 17. The van der Waals surface area contributed by atoms with Gasteiger partial charge in [-0.25, -0.2) is 0 Å². The van der Waals surface area contributed by atoms with Gasteiger partial charge in [-0.1, -0.05) is 68.7 Å². The maximum atomic E-state index is 14.6. The van der Waals surface area contributed by atoms with Gasteiger partial charge in [0.25, 0.3) is 11.8 Å². The number of hydrogen-bond acceptors (Lipinski definition) is 9. The van der Waals surface area contributed by atoms with E-state index >= 15 is 0 Å². The van der Waals surface area contributed by atoms with Crippen LogP contribution in [0.4, 0.5) is 0 Å². The molecule has 1 heterocycles. The summed E-state index contributed by atoms with van der Waals surface area (Å²) in [6.07, 6.45) is 3.23. The average Bonchev–Trinajstić information content (AvgIpc) is 3.59. The molecule has 1 aliphatic carbocycles. The van der Waals surface area contributed by atoms with Gasteiger partial charge in [-0.3, -0.25) is 38.4 Å². The number of amides is 6. The van der Waals surface area contributed by atoms with Crippen molar-refractivity contribution in [3.63, 3.8) is 0 Å². The number of aliphatic carboxylic acids is 1. The van der Waals surface area contributed by atoms with Crippen LogP contribution in [0.15, 0.2) is 54.6 Å². The number of Topliss-reactive ketones (excluding diaryl/α,β-unsaturated/α-hetero) is 1. The summed E-state index contributed by atoms with van der Waals surface area (Å²) in [5, 5.41) is 19.4. The number of benzene rings is 2. The minimum Gasteiger partial charge on any atom is -0.481 e. The molecular weight excluding hydrogens is 736 g/mol. The second-order valence-electron chi connectivity index (χ2n) is 15.5. The number of hydrogen-bond donors (Lipinski definition) is 6. The SMILES string of the molecule is CCC(NC(=O)[C@@H]1C[C@@H](OC(C)(C)C)CN1C(=O)[C@@H](NC(=O)c1cccc(CC(=O)O)c1)C1CCCCC1)C(=O)C(=O)NCC(=O)N[C@H](C(N)=O)c1ccccc1. The molecule has 16 nitrogen and oxygen atoms in total. The monoisotopic (exact) mass is 790 g/mol. The predicted molar refractivity (Wildman–Crippen MR) is 207 cm³/mol. The van der Waals surface area contributed by atoms with Crippen molar-refractivity contribution in [2.75, 3.05) is 13.1 Å². The quantitative estimate of drug-likeness (QED) is 0.127. The molecule has 7 N–H and O–H groups in total. The van der Waals surface area contributed by atoms with Gasteiger partial charge in [0.05, 0.1) is 30.7 Å². The summed E-state index contributed by atoms with van der Waals surface area (Å²) in [5.41, 5.74) is 5.87. The highest BCUT2D eigenvalue weighted by atomic mass is 16.5. The lowest BCUT2D eigenvalue weighted by molar-refractivity contribution is -0.143. The molecule has 0 bridgehead atoms. The van der Waals surface area contributed by atoms with Crippen LogP contribution in [0.3, 0.4) is 0 Å². The van der Waals surface area contributed by atoms with Crippen LogP contribution in [0.25, 0.3) is 0 Å². The van der Waals surface area contributed by atoms with E-state index < -0.39 is 89.6 Å². The molecule has 2 aromatic rings. The summed E-state index contributed by atoms with van der Waals surface area (Å²) in [4.78, 5) is 106. The molecule has 5 atom stereocenters. The zero-order valence-corrected chi connectivity index (χ0v) is 32.9. The highest BCUT2D eigenvalue weighted by Gasteiger charge is 2.46. The summed E-state index contributed by atoms with van der Waals surface area (Å²) in [5.74, 6) is -6.81. The van der Waals surface area contributed by atoms with Crippen molar-refractivity contribution in [2.24, 2.45) is 11.7 Å². The Kier molecular flexibility index (Phi) is 15.5. The summed E-state index contributed by atoms with van der Waals surface area (Å²) < 4.78 is 6.21. The van der Waals surface area contributed by atoms with E-state index in [0.717, 1.165) is 19.3 Å². The Morgan fingerprint density at radius 1 is 0.912 bits per heavy atom. The summed E-state index contributed by atoms with van der Waals surface area (Å²) in [6, 6.07) is 9.81. The molecule has 4 rings (SSSR count). The minimum absolute atomic E-state index is 0.00618. The number of ketones is 1. The number of likely N-dealkylation sites (tertiary alicyclic amines) is 1. The van der Waals surface area contributed by atoms with Gasteiger partial charge in [0.15, 0.2) is 0 Å². The molecule has 16 heteroatoms. The lowest BCUT2D eigenvalue weighted by atomic mass is 9.83. The van der Waals surface area contributed by atoms with E-state index in [1.54, 1.807) is 49.4 Å². The molecule has 2 aromatic carbocycles. The summed E-state index contributed by atoms with van der Waals surface area (Å²) in [6.45, 7) is 6.49. The zero-order chi connectivity index (χ0) is 41.9. The van der Waals surface area contributed by atoms with Gasteiger partial charge in [0, 0.05) is 18.5 Å². The Morgan fingerprint density at radius 2 is 1.60 bits per heavy atom. The van der Waals surface area contributed by atoms with E-state index in [1.807, 2.05) is 20.8 Å². The molecule has 2 aliphatic rings. The molecule has 1 saturated heterocycles. The smallest absolute Gasteiger partial charge is 0.307 e. The molecule has 0 radical (unpaired) electrons. The fraction of sp³-hybridized carbons (Fsp3) is 0.512. The van der Waals surface area contributed by atoms with Gasteiger partial charge < -0.3 is 41.7 Å². The van der Waals surface area contributed by atoms with E-state index in [2.05, 4.69) is 21.3 Å². The van der Waals surface area contributed by atoms with Crippen LogP contribution >= 0.6 is 0 Å².